The predicted octanol–water partition coefficient (Wildman–Crippen LogP) is 2.20. The quantitative estimate of drug-likeness (QED) is 0.431. The van der Waals surface area contributed by atoms with Gasteiger partial charge in [-0.2, -0.15) is 0 Å². The number of carbonyl (C=O) groups excluding carboxylic acids is 1. The van der Waals surface area contributed by atoms with E-state index in [1.54, 1.807) is 13.0 Å². The molecule has 0 amide bonds. The molecular weight excluding hydrogens is 219 g/mol. The van der Waals surface area contributed by atoms with Crippen molar-refractivity contribution in [3.63, 3.8) is 0 Å². The van der Waals surface area contributed by atoms with E-state index in [4.69, 9.17) is 14.0 Å². The van der Waals surface area contributed by atoms with E-state index in [1.807, 2.05) is 27.7 Å². The number of methoxy groups -OCH3 is 1. The Labute approximate surface area is 103 Å². The molecular formula is C12H21BO4. The summed E-state index contributed by atoms with van der Waals surface area (Å²) in [7, 11) is 0.973. The van der Waals surface area contributed by atoms with Gasteiger partial charge in [-0.3, -0.25) is 0 Å². The number of carbonyl (C=O) groups is 1. The van der Waals surface area contributed by atoms with Gasteiger partial charge in [-0.15, -0.1) is 0 Å². The first-order valence-corrected chi connectivity index (χ1v) is 5.82. The lowest BCUT2D eigenvalue weighted by Gasteiger charge is -2.32. The Morgan fingerprint density at radius 1 is 1.24 bits per heavy atom. The fourth-order valence-corrected chi connectivity index (χ4v) is 1.68. The van der Waals surface area contributed by atoms with Crippen molar-refractivity contribution in [3.05, 3.63) is 11.6 Å². The van der Waals surface area contributed by atoms with Crippen molar-refractivity contribution >= 4 is 13.1 Å². The molecule has 1 rings (SSSR count). The van der Waals surface area contributed by atoms with Crippen LogP contribution < -0.4 is 0 Å². The van der Waals surface area contributed by atoms with E-state index in [-0.39, 0.29) is 17.2 Å². The molecule has 0 bridgehead atoms. The molecule has 0 aromatic heterocycles. The summed E-state index contributed by atoms with van der Waals surface area (Å²) in [6, 6.07) is 0. The van der Waals surface area contributed by atoms with Gasteiger partial charge in [0.1, 0.15) is 0 Å². The maximum absolute atomic E-state index is 11.5. The van der Waals surface area contributed by atoms with Gasteiger partial charge in [0.05, 0.1) is 18.3 Å². The topological polar surface area (TPSA) is 44.8 Å². The van der Waals surface area contributed by atoms with E-state index in [0.717, 1.165) is 0 Å². The van der Waals surface area contributed by atoms with E-state index >= 15 is 0 Å². The molecule has 4 nitrogen and oxygen atoms in total. The van der Waals surface area contributed by atoms with Crippen molar-refractivity contribution in [1.82, 2.24) is 0 Å². The van der Waals surface area contributed by atoms with Gasteiger partial charge in [0.2, 0.25) is 0 Å². The average molecular weight is 240 g/mol. The van der Waals surface area contributed by atoms with Gasteiger partial charge in [-0.05, 0) is 34.6 Å². The summed E-state index contributed by atoms with van der Waals surface area (Å²) in [5.41, 5.74) is -0.162. The van der Waals surface area contributed by atoms with Crippen LogP contribution in [0, 0.1) is 0 Å². The fourth-order valence-electron chi connectivity index (χ4n) is 1.68. The Hall–Kier alpha value is -0.805. The second-order valence-electron chi connectivity index (χ2n) is 5.20. The number of esters is 1. The van der Waals surface area contributed by atoms with Crippen LogP contribution >= 0.6 is 0 Å². The normalized spacial score (nSPS) is 22.7. The lowest BCUT2D eigenvalue weighted by molar-refractivity contribution is -0.136. The average Bonchev–Trinajstić information content (AvgIpc) is 2.43. The molecule has 0 unspecified atom stereocenters. The summed E-state index contributed by atoms with van der Waals surface area (Å²) >= 11 is 0. The first-order chi connectivity index (χ1) is 7.73. The van der Waals surface area contributed by atoms with Crippen molar-refractivity contribution in [2.75, 3.05) is 7.11 Å². The SMILES string of the molecule is C/C=C(/CB1OC(C)(C)C(C)(C)O1)C(=O)OC. The highest BCUT2D eigenvalue weighted by Gasteiger charge is 2.51. The van der Waals surface area contributed by atoms with Crippen LogP contribution in [0.4, 0.5) is 0 Å². The maximum Gasteiger partial charge on any atom is 0.462 e. The van der Waals surface area contributed by atoms with E-state index in [9.17, 15) is 4.79 Å². The van der Waals surface area contributed by atoms with Gasteiger partial charge >= 0.3 is 13.1 Å². The molecule has 0 aliphatic carbocycles. The Balaban J connectivity index is 2.71. The van der Waals surface area contributed by atoms with Crippen LogP contribution in [-0.4, -0.2) is 31.4 Å². The third-order valence-corrected chi connectivity index (χ3v) is 3.48. The second-order valence-corrected chi connectivity index (χ2v) is 5.20. The van der Waals surface area contributed by atoms with E-state index < -0.39 is 7.12 Å². The van der Waals surface area contributed by atoms with Gasteiger partial charge in [-0.1, -0.05) is 6.08 Å². The molecule has 1 fully saturated rings. The zero-order valence-corrected chi connectivity index (χ0v) is 11.5. The minimum atomic E-state index is -0.398. The highest BCUT2D eigenvalue weighted by atomic mass is 16.7. The molecule has 0 spiro atoms. The van der Waals surface area contributed by atoms with E-state index in [0.29, 0.717) is 11.9 Å². The molecule has 0 saturated carbocycles. The Bertz CT molecular complexity index is 317. The van der Waals surface area contributed by atoms with Crippen LogP contribution in [0.2, 0.25) is 6.32 Å². The standard InChI is InChI=1S/C12H21BO4/c1-7-9(10(14)15-6)8-13-16-11(2,3)12(4,5)17-13/h7H,8H2,1-6H3/b9-7-. The van der Waals surface area contributed by atoms with Gasteiger partial charge in [0.15, 0.2) is 0 Å². The molecule has 1 heterocycles. The minimum Gasteiger partial charge on any atom is -0.466 e. The molecule has 0 aromatic rings. The third-order valence-electron chi connectivity index (χ3n) is 3.48. The number of hydrogen-bond donors (Lipinski definition) is 0. The van der Waals surface area contributed by atoms with Crippen LogP contribution in [0.3, 0.4) is 0 Å². The Morgan fingerprint density at radius 2 is 1.71 bits per heavy atom. The van der Waals surface area contributed by atoms with Crippen molar-refractivity contribution in [2.45, 2.75) is 52.1 Å². The number of rotatable bonds is 3. The molecule has 1 aliphatic rings. The van der Waals surface area contributed by atoms with Crippen LogP contribution in [0.25, 0.3) is 0 Å². The van der Waals surface area contributed by atoms with Crippen molar-refractivity contribution in [1.29, 1.82) is 0 Å². The van der Waals surface area contributed by atoms with Gasteiger partial charge in [-0.25, -0.2) is 4.79 Å². The molecule has 17 heavy (non-hydrogen) atoms. The summed E-state index contributed by atoms with van der Waals surface area (Å²) in [5.74, 6) is -0.331. The molecule has 0 atom stereocenters. The molecule has 0 radical (unpaired) electrons. The third kappa shape index (κ3) is 2.90. The number of ether oxygens (including phenoxy) is 1. The van der Waals surface area contributed by atoms with Crippen LogP contribution in [0.1, 0.15) is 34.6 Å². The molecule has 0 aromatic carbocycles. The highest BCUT2D eigenvalue weighted by Crippen LogP contribution is 2.38. The summed E-state index contributed by atoms with van der Waals surface area (Å²) < 4.78 is 16.3. The zero-order valence-electron chi connectivity index (χ0n) is 11.5. The Kier molecular flexibility index (Phi) is 4.04. The second kappa shape index (κ2) is 4.82. The molecule has 5 heteroatoms. The summed E-state index contributed by atoms with van der Waals surface area (Å²) in [6.07, 6.45) is 2.15. The smallest absolute Gasteiger partial charge is 0.462 e. The first kappa shape index (κ1) is 14.3. The first-order valence-electron chi connectivity index (χ1n) is 5.82. The molecule has 0 N–H and O–H groups in total. The monoisotopic (exact) mass is 240 g/mol. The minimum absolute atomic E-state index is 0.331. The predicted molar refractivity (Wildman–Crippen MR) is 66.7 cm³/mol. The van der Waals surface area contributed by atoms with Crippen LogP contribution in [0.15, 0.2) is 11.6 Å². The Morgan fingerprint density at radius 3 is 2.06 bits per heavy atom. The van der Waals surface area contributed by atoms with Crippen molar-refractivity contribution in [2.24, 2.45) is 0 Å². The summed E-state index contributed by atoms with van der Waals surface area (Å²) in [5, 5.41) is 0. The van der Waals surface area contributed by atoms with Crippen LogP contribution in [0.5, 0.6) is 0 Å². The number of hydrogen-bond acceptors (Lipinski definition) is 4. The van der Waals surface area contributed by atoms with Gasteiger partial charge in [0, 0.05) is 11.9 Å². The van der Waals surface area contributed by atoms with E-state index in [1.165, 1.54) is 7.11 Å². The van der Waals surface area contributed by atoms with Gasteiger partial charge < -0.3 is 14.0 Å². The van der Waals surface area contributed by atoms with E-state index in [2.05, 4.69) is 0 Å². The lowest BCUT2D eigenvalue weighted by Crippen LogP contribution is -2.41. The molecule has 1 saturated heterocycles. The highest BCUT2D eigenvalue weighted by molar-refractivity contribution is 6.47. The summed E-state index contributed by atoms with van der Waals surface area (Å²) in [6.45, 7) is 9.75. The largest absolute Gasteiger partial charge is 0.466 e. The molecule has 96 valence electrons. The van der Waals surface area contributed by atoms with Crippen molar-refractivity contribution < 1.29 is 18.8 Å². The zero-order chi connectivity index (χ0) is 13.3. The summed E-state index contributed by atoms with van der Waals surface area (Å²) in [4.78, 5) is 11.5. The van der Waals surface area contributed by atoms with Crippen molar-refractivity contribution in [3.8, 4) is 0 Å². The number of allylic oxidation sites excluding steroid dienone is 1. The maximum atomic E-state index is 11.5. The lowest BCUT2D eigenvalue weighted by atomic mass is 9.80. The van der Waals surface area contributed by atoms with Gasteiger partial charge in [0.25, 0.3) is 0 Å². The molecule has 1 aliphatic heterocycles. The fraction of sp³-hybridized carbons (Fsp3) is 0.750. The van der Waals surface area contributed by atoms with Crippen LogP contribution in [-0.2, 0) is 18.8 Å².